The predicted octanol–water partition coefficient (Wildman–Crippen LogP) is 2.55. The van der Waals surface area contributed by atoms with Gasteiger partial charge in [-0.1, -0.05) is 12.1 Å². The van der Waals surface area contributed by atoms with Crippen molar-refractivity contribution < 1.29 is 23.8 Å². The van der Waals surface area contributed by atoms with Crippen molar-refractivity contribution in [3.63, 3.8) is 0 Å². The molecule has 1 atom stereocenters. The van der Waals surface area contributed by atoms with E-state index < -0.39 is 17.6 Å². The van der Waals surface area contributed by atoms with Crippen molar-refractivity contribution in [1.29, 1.82) is 0 Å². The number of amides is 1. The number of nitrogens with one attached hydrogen (secondary N) is 1. The summed E-state index contributed by atoms with van der Waals surface area (Å²) in [6, 6.07) is 7.43. The second-order valence-electron chi connectivity index (χ2n) is 6.16. The zero-order valence-corrected chi connectivity index (χ0v) is 14.3. The van der Waals surface area contributed by atoms with Crippen LogP contribution >= 0.6 is 0 Å². The molecule has 6 nitrogen and oxygen atoms in total. The van der Waals surface area contributed by atoms with Gasteiger partial charge in [0.25, 0.3) is 0 Å². The van der Waals surface area contributed by atoms with Crippen molar-refractivity contribution in [1.82, 2.24) is 5.32 Å². The van der Waals surface area contributed by atoms with Gasteiger partial charge >= 0.3 is 12.1 Å². The van der Waals surface area contributed by atoms with Gasteiger partial charge in [0.2, 0.25) is 0 Å². The second kappa shape index (κ2) is 8.41. The lowest BCUT2D eigenvalue weighted by molar-refractivity contribution is -0.145. The van der Waals surface area contributed by atoms with E-state index in [4.69, 9.17) is 14.2 Å². The number of benzene rings is 1. The molecule has 1 aromatic carbocycles. The Morgan fingerprint density at radius 2 is 1.91 bits per heavy atom. The largest absolute Gasteiger partial charge is 0.497 e. The second-order valence-corrected chi connectivity index (χ2v) is 6.16. The normalized spacial score (nSPS) is 12.2. The van der Waals surface area contributed by atoms with Crippen molar-refractivity contribution >= 4 is 12.1 Å². The fourth-order valence-electron chi connectivity index (χ4n) is 2.01. The molecule has 6 heteroatoms. The molecular formula is C17H25NO5. The van der Waals surface area contributed by atoms with E-state index in [2.05, 4.69) is 5.32 Å². The molecule has 0 aliphatic rings. The molecule has 1 amide bonds. The molecule has 1 N–H and O–H groups in total. The number of carbonyl (C=O) groups is 2. The van der Waals surface area contributed by atoms with Crippen LogP contribution in [0.4, 0.5) is 4.79 Å². The van der Waals surface area contributed by atoms with Gasteiger partial charge in [-0.2, -0.15) is 0 Å². The van der Waals surface area contributed by atoms with E-state index >= 15 is 0 Å². The molecule has 0 saturated heterocycles. The van der Waals surface area contributed by atoms with Crippen LogP contribution in [-0.4, -0.2) is 38.4 Å². The smallest absolute Gasteiger partial charge is 0.407 e. The zero-order chi connectivity index (χ0) is 17.5. The van der Waals surface area contributed by atoms with Gasteiger partial charge in [0.15, 0.2) is 0 Å². The van der Waals surface area contributed by atoms with Crippen molar-refractivity contribution in [3.05, 3.63) is 29.8 Å². The number of hydrogen-bond donors (Lipinski definition) is 1. The van der Waals surface area contributed by atoms with Crippen LogP contribution in [0.15, 0.2) is 24.3 Å². The van der Waals surface area contributed by atoms with E-state index in [0.29, 0.717) is 12.2 Å². The van der Waals surface area contributed by atoms with Gasteiger partial charge in [-0.3, -0.25) is 4.79 Å². The standard InChI is InChI=1S/C17H25NO5/c1-17(2,3)23-16(20)18-11-13(15(19)22-5)9-12-7-6-8-14(10-12)21-4/h6-8,10,13H,9,11H2,1-5H3,(H,18,20)/t13-/m1/s1. The van der Waals surface area contributed by atoms with Gasteiger partial charge in [0, 0.05) is 6.54 Å². The lowest BCUT2D eigenvalue weighted by Gasteiger charge is -2.21. The summed E-state index contributed by atoms with van der Waals surface area (Å²) in [6.07, 6.45) is -0.128. The van der Waals surface area contributed by atoms with E-state index in [-0.39, 0.29) is 12.5 Å². The van der Waals surface area contributed by atoms with Gasteiger partial charge in [-0.25, -0.2) is 4.79 Å². The highest BCUT2D eigenvalue weighted by atomic mass is 16.6. The first-order chi connectivity index (χ1) is 10.7. The first kappa shape index (κ1) is 18.8. The van der Waals surface area contributed by atoms with Crippen molar-refractivity contribution in [2.75, 3.05) is 20.8 Å². The summed E-state index contributed by atoms with van der Waals surface area (Å²) in [5.41, 5.74) is 0.336. The maximum Gasteiger partial charge on any atom is 0.407 e. The molecule has 128 valence electrons. The predicted molar refractivity (Wildman–Crippen MR) is 86.4 cm³/mol. The Balaban J connectivity index is 2.69. The highest BCUT2D eigenvalue weighted by molar-refractivity contribution is 5.74. The van der Waals surface area contributed by atoms with E-state index in [1.165, 1.54) is 7.11 Å². The van der Waals surface area contributed by atoms with Crippen LogP contribution in [0.5, 0.6) is 5.75 Å². The Morgan fingerprint density at radius 1 is 1.22 bits per heavy atom. The van der Waals surface area contributed by atoms with E-state index in [9.17, 15) is 9.59 Å². The zero-order valence-electron chi connectivity index (χ0n) is 14.3. The fraction of sp³-hybridized carbons (Fsp3) is 0.529. The number of ether oxygens (including phenoxy) is 3. The van der Waals surface area contributed by atoms with Crippen LogP contribution < -0.4 is 10.1 Å². The number of methoxy groups -OCH3 is 2. The van der Waals surface area contributed by atoms with Crippen molar-refractivity contribution in [2.45, 2.75) is 32.8 Å². The van der Waals surface area contributed by atoms with E-state index in [1.807, 2.05) is 24.3 Å². The quantitative estimate of drug-likeness (QED) is 0.814. The minimum absolute atomic E-state index is 0.138. The Bertz CT molecular complexity index is 536. The first-order valence-electron chi connectivity index (χ1n) is 7.42. The summed E-state index contributed by atoms with van der Waals surface area (Å²) in [5.74, 6) is -0.172. The average molecular weight is 323 g/mol. The highest BCUT2D eigenvalue weighted by Crippen LogP contribution is 2.17. The molecule has 0 aliphatic carbocycles. The molecule has 0 heterocycles. The van der Waals surface area contributed by atoms with Crippen LogP contribution in [0, 0.1) is 5.92 Å². The number of carbonyl (C=O) groups excluding carboxylic acids is 2. The van der Waals surface area contributed by atoms with Crippen LogP contribution in [0.2, 0.25) is 0 Å². The van der Waals surface area contributed by atoms with Gasteiger partial charge in [-0.05, 0) is 44.9 Å². The molecule has 0 bridgehead atoms. The Morgan fingerprint density at radius 3 is 2.48 bits per heavy atom. The van der Waals surface area contributed by atoms with Gasteiger partial charge in [0.1, 0.15) is 11.4 Å². The summed E-state index contributed by atoms with van der Waals surface area (Å²) in [7, 11) is 2.91. The number of rotatable bonds is 6. The minimum Gasteiger partial charge on any atom is -0.497 e. The van der Waals surface area contributed by atoms with Gasteiger partial charge in [-0.15, -0.1) is 0 Å². The molecule has 0 saturated carbocycles. The molecule has 1 aromatic rings. The van der Waals surface area contributed by atoms with Crippen LogP contribution in [0.1, 0.15) is 26.3 Å². The molecule has 0 aliphatic heterocycles. The molecular weight excluding hydrogens is 298 g/mol. The van der Waals surface area contributed by atoms with Crippen LogP contribution in [0.25, 0.3) is 0 Å². The topological polar surface area (TPSA) is 73.9 Å². The van der Waals surface area contributed by atoms with E-state index in [0.717, 1.165) is 5.56 Å². The Labute approximate surface area is 137 Å². The molecule has 0 radical (unpaired) electrons. The molecule has 23 heavy (non-hydrogen) atoms. The monoisotopic (exact) mass is 323 g/mol. The summed E-state index contributed by atoms with van der Waals surface area (Å²) in [6.45, 7) is 5.47. The summed E-state index contributed by atoms with van der Waals surface area (Å²) >= 11 is 0. The third kappa shape index (κ3) is 7.04. The number of alkyl carbamates (subject to hydrolysis) is 1. The average Bonchev–Trinajstić information content (AvgIpc) is 2.49. The maximum atomic E-state index is 11.9. The van der Waals surface area contributed by atoms with E-state index in [1.54, 1.807) is 27.9 Å². The highest BCUT2D eigenvalue weighted by Gasteiger charge is 2.23. The number of hydrogen-bond acceptors (Lipinski definition) is 5. The Hall–Kier alpha value is -2.24. The summed E-state index contributed by atoms with van der Waals surface area (Å²) in [4.78, 5) is 23.6. The van der Waals surface area contributed by atoms with Crippen molar-refractivity contribution in [2.24, 2.45) is 5.92 Å². The maximum absolute atomic E-state index is 11.9. The van der Waals surface area contributed by atoms with Gasteiger partial charge < -0.3 is 19.5 Å². The lowest BCUT2D eigenvalue weighted by atomic mass is 9.99. The number of esters is 1. The van der Waals surface area contributed by atoms with Crippen molar-refractivity contribution in [3.8, 4) is 5.75 Å². The first-order valence-corrected chi connectivity index (χ1v) is 7.42. The third-order valence-electron chi connectivity index (χ3n) is 3.04. The Kier molecular flexibility index (Phi) is 6.88. The van der Waals surface area contributed by atoms with Crippen LogP contribution in [0.3, 0.4) is 0 Å². The molecule has 0 aromatic heterocycles. The summed E-state index contributed by atoms with van der Waals surface area (Å²) < 4.78 is 15.1. The van der Waals surface area contributed by atoms with Gasteiger partial charge in [0.05, 0.1) is 20.1 Å². The minimum atomic E-state index is -0.586. The molecule has 1 rings (SSSR count). The third-order valence-corrected chi connectivity index (χ3v) is 3.04. The lowest BCUT2D eigenvalue weighted by Crippen LogP contribution is -2.38. The summed E-state index contributed by atoms with van der Waals surface area (Å²) in [5, 5.41) is 2.61. The fourth-order valence-corrected chi connectivity index (χ4v) is 2.01. The van der Waals surface area contributed by atoms with Crippen LogP contribution in [-0.2, 0) is 20.7 Å². The molecule has 0 spiro atoms. The molecule has 0 unspecified atom stereocenters. The molecule has 0 fully saturated rings. The SMILES string of the molecule is COC(=O)[C@@H](CNC(=O)OC(C)(C)C)Cc1cccc(OC)c1.